The molecule has 1 unspecified atom stereocenters. The minimum Gasteiger partial charge on any atom is -0.379 e. The van der Waals surface area contributed by atoms with Crippen LogP contribution in [0.2, 0.25) is 0 Å². The lowest BCUT2D eigenvalue weighted by Crippen LogP contribution is -2.46. The molecule has 6 nitrogen and oxygen atoms in total. The molecule has 2 N–H and O–H groups in total. The van der Waals surface area contributed by atoms with E-state index in [2.05, 4.69) is 44.7 Å². The number of morpholine rings is 1. The van der Waals surface area contributed by atoms with Crippen molar-refractivity contribution in [3.05, 3.63) is 30.3 Å². The molecule has 1 aromatic rings. The van der Waals surface area contributed by atoms with Crippen molar-refractivity contribution in [2.24, 2.45) is 0 Å². The van der Waals surface area contributed by atoms with Gasteiger partial charge in [0.1, 0.15) is 0 Å². The molecule has 2 aliphatic rings. The lowest BCUT2D eigenvalue weighted by molar-refractivity contribution is 0.0387. The van der Waals surface area contributed by atoms with Crippen LogP contribution in [0.15, 0.2) is 30.3 Å². The average Bonchev–Trinajstić information content (AvgIpc) is 3.05. The Bertz CT molecular complexity index is 491. The van der Waals surface area contributed by atoms with Gasteiger partial charge >= 0.3 is 6.03 Å². The summed E-state index contributed by atoms with van der Waals surface area (Å²) in [7, 11) is 0. The fraction of sp³-hybridized carbons (Fsp3) is 0.588. The molecule has 0 saturated carbocycles. The zero-order chi connectivity index (χ0) is 15.9. The van der Waals surface area contributed by atoms with Gasteiger partial charge in [0.15, 0.2) is 0 Å². The van der Waals surface area contributed by atoms with Crippen LogP contribution in [0.5, 0.6) is 0 Å². The number of nitrogens with zero attached hydrogens (tertiary/aromatic N) is 2. The first-order valence-corrected chi connectivity index (χ1v) is 8.46. The third-order valence-corrected chi connectivity index (χ3v) is 4.46. The normalized spacial score (nSPS) is 22.1. The summed E-state index contributed by atoms with van der Waals surface area (Å²) in [6.45, 7) is 6.94. The van der Waals surface area contributed by atoms with E-state index in [1.54, 1.807) is 0 Å². The lowest BCUT2D eigenvalue weighted by atomic mass is 10.3. The molecular formula is C17H26N4O2. The van der Waals surface area contributed by atoms with Crippen molar-refractivity contribution in [1.29, 1.82) is 0 Å². The number of rotatable bonds is 5. The molecule has 0 spiro atoms. The second-order valence-corrected chi connectivity index (χ2v) is 6.12. The molecule has 0 radical (unpaired) electrons. The summed E-state index contributed by atoms with van der Waals surface area (Å²) < 4.78 is 5.32. The Balaban J connectivity index is 1.34. The topological polar surface area (TPSA) is 56.8 Å². The van der Waals surface area contributed by atoms with Gasteiger partial charge in [-0.1, -0.05) is 18.2 Å². The van der Waals surface area contributed by atoms with Gasteiger partial charge in [-0.05, 0) is 18.6 Å². The monoisotopic (exact) mass is 318 g/mol. The standard InChI is InChI=1S/C17H26N4O2/c22-17(18-7-9-20-10-12-23-13-11-20)19-15-6-8-21(14-15)16-4-2-1-3-5-16/h1-5,15H,6-14H2,(H2,18,19,22). The zero-order valence-corrected chi connectivity index (χ0v) is 13.5. The minimum absolute atomic E-state index is 0.0572. The highest BCUT2D eigenvalue weighted by Crippen LogP contribution is 2.19. The zero-order valence-electron chi connectivity index (χ0n) is 13.5. The Morgan fingerprint density at radius 3 is 2.74 bits per heavy atom. The summed E-state index contributed by atoms with van der Waals surface area (Å²) in [5.41, 5.74) is 1.23. The molecule has 2 heterocycles. The van der Waals surface area contributed by atoms with Crippen LogP contribution in [0.25, 0.3) is 0 Å². The molecule has 126 valence electrons. The summed E-state index contributed by atoms with van der Waals surface area (Å²) in [4.78, 5) is 16.6. The van der Waals surface area contributed by atoms with Crippen molar-refractivity contribution in [3.63, 3.8) is 0 Å². The van der Waals surface area contributed by atoms with Crippen molar-refractivity contribution < 1.29 is 9.53 Å². The van der Waals surface area contributed by atoms with Crippen molar-refractivity contribution in [2.75, 3.05) is 57.4 Å². The summed E-state index contributed by atoms with van der Waals surface area (Å²) >= 11 is 0. The lowest BCUT2D eigenvalue weighted by Gasteiger charge is -2.26. The van der Waals surface area contributed by atoms with Crippen LogP contribution in [0.4, 0.5) is 10.5 Å². The highest BCUT2D eigenvalue weighted by atomic mass is 16.5. The van der Waals surface area contributed by atoms with Crippen LogP contribution >= 0.6 is 0 Å². The quantitative estimate of drug-likeness (QED) is 0.847. The molecule has 2 saturated heterocycles. The number of amides is 2. The first-order chi connectivity index (χ1) is 11.3. The first kappa shape index (κ1) is 16.1. The Morgan fingerprint density at radius 2 is 1.96 bits per heavy atom. The van der Waals surface area contributed by atoms with E-state index in [0.29, 0.717) is 6.54 Å². The summed E-state index contributed by atoms with van der Waals surface area (Å²) in [6.07, 6.45) is 0.992. The smallest absolute Gasteiger partial charge is 0.315 e. The van der Waals surface area contributed by atoms with Crippen molar-refractivity contribution in [2.45, 2.75) is 12.5 Å². The molecule has 0 aliphatic carbocycles. The minimum atomic E-state index is -0.0572. The van der Waals surface area contributed by atoms with Gasteiger partial charge in [-0.25, -0.2) is 4.79 Å². The second kappa shape index (κ2) is 8.17. The van der Waals surface area contributed by atoms with Crippen LogP contribution in [-0.2, 0) is 4.74 Å². The Hall–Kier alpha value is -1.79. The summed E-state index contributed by atoms with van der Waals surface area (Å²) in [5.74, 6) is 0. The van der Waals surface area contributed by atoms with Gasteiger partial charge in [-0.15, -0.1) is 0 Å². The number of nitrogens with one attached hydrogen (secondary N) is 2. The summed E-state index contributed by atoms with van der Waals surface area (Å²) in [5, 5.41) is 6.04. The third-order valence-electron chi connectivity index (χ3n) is 4.46. The van der Waals surface area contributed by atoms with E-state index in [0.717, 1.165) is 52.4 Å². The van der Waals surface area contributed by atoms with Gasteiger partial charge in [0.05, 0.1) is 13.2 Å². The number of urea groups is 1. The van der Waals surface area contributed by atoms with Crippen LogP contribution in [0.3, 0.4) is 0 Å². The third kappa shape index (κ3) is 4.84. The molecule has 23 heavy (non-hydrogen) atoms. The predicted molar refractivity (Wildman–Crippen MR) is 90.9 cm³/mol. The van der Waals surface area contributed by atoms with Gasteiger partial charge in [0.25, 0.3) is 0 Å². The molecule has 2 aliphatic heterocycles. The number of carbonyl (C=O) groups is 1. The highest BCUT2D eigenvalue weighted by Gasteiger charge is 2.23. The number of hydrogen-bond acceptors (Lipinski definition) is 4. The summed E-state index contributed by atoms with van der Waals surface area (Å²) in [6, 6.07) is 10.5. The van der Waals surface area contributed by atoms with E-state index in [1.807, 2.05) is 6.07 Å². The number of para-hydroxylation sites is 1. The predicted octanol–water partition coefficient (Wildman–Crippen LogP) is 0.897. The Labute approximate surface area is 137 Å². The highest BCUT2D eigenvalue weighted by molar-refractivity contribution is 5.74. The maximum Gasteiger partial charge on any atom is 0.315 e. The fourth-order valence-electron chi connectivity index (χ4n) is 3.14. The molecular weight excluding hydrogens is 292 g/mol. The van der Waals surface area contributed by atoms with Crippen LogP contribution in [0.1, 0.15) is 6.42 Å². The van der Waals surface area contributed by atoms with Gasteiger partial charge in [0.2, 0.25) is 0 Å². The molecule has 2 fully saturated rings. The van der Waals surface area contributed by atoms with E-state index in [4.69, 9.17) is 4.74 Å². The number of hydrogen-bond donors (Lipinski definition) is 2. The molecule has 1 aromatic carbocycles. The van der Waals surface area contributed by atoms with Crippen LogP contribution < -0.4 is 15.5 Å². The van der Waals surface area contributed by atoms with E-state index in [-0.39, 0.29) is 12.1 Å². The molecule has 6 heteroatoms. The molecule has 1 atom stereocenters. The van der Waals surface area contributed by atoms with E-state index < -0.39 is 0 Å². The SMILES string of the molecule is O=C(NCCN1CCOCC1)NC1CCN(c2ccccc2)C1. The van der Waals surface area contributed by atoms with E-state index in [1.165, 1.54) is 5.69 Å². The Kier molecular flexibility index (Phi) is 5.71. The number of ether oxygens (including phenoxy) is 1. The molecule has 2 amide bonds. The van der Waals surface area contributed by atoms with Gasteiger partial charge in [-0.2, -0.15) is 0 Å². The van der Waals surface area contributed by atoms with Crippen molar-refractivity contribution in [1.82, 2.24) is 15.5 Å². The van der Waals surface area contributed by atoms with Gasteiger partial charge in [-0.3, -0.25) is 4.90 Å². The van der Waals surface area contributed by atoms with Crippen LogP contribution in [-0.4, -0.2) is 69.5 Å². The van der Waals surface area contributed by atoms with Crippen molar-refractivity contribution in [3.8, 4) is 0 Å². The van der Waals surface area contributed by atoms with E-state index in [9.17, 15) is 4.79 Å². The first-order valence-electron chi connectivity index (χ1n) is 8.46. The Morgan fingerprint density at radius 1 is 1.17 bits per heavy atom. The number of carbonyl (C=O) groups excluding carboxylic acids is 1. The second-order valence-electron chi connectivity index (χ2n) is 6.12. The maximum atomic E-state index is 12.0. The average molecular weight is 318 g/mol. The number of anilines is 1. The largest absolute Gasteiger partial charge is 0.379 e. The van der Waals surface area contributed by atoms with Gasteiger partial charge < -0.3 is 20.3 Å². The molecule has 3 rings (SSSR count). The van der Waals surface area contributed by atoms with E-state index >= 15 is 0 Å². The molecule has 0 aromatic heterocycles. The van der Waals surface area contributed by atoms with Crippen molar-refractivity contribution >= 4 is 11.7 Å². The maximum absolute atomic E-state index is 12.0. The fourth-order valence-corrected chi connectivity index (χ4v) is 3.14. The molecule has 0 bridgehead atoms. The van der Waals surface area contributed by atoms with Gasteiger partial charge in [0, 0.05) is 51.0 Å². The van der Waals surface area contributed by atoms with Crippen LogP contribution in [0, 0.1) is 0 Å². The number of benzene rings is 1.